The van der Waals surface area contributed by atoms with Gasteiger partial charge in [-0.15, -0.1) is 0 Å². The molecule has 0 amide bonds. The Bertz CT molecular complexity index is 945. The third kappa shape index (κ3) is 3.30. The monoisotopic (exact) mass is 358 g/mol. The highest BCUT2D eigenvalue weighted by Gasteiger charge is 2.37. The topological polar surface area (TPSA) is 34.0 Å². The van der Waals surface area contributed by atoms with E-state index < -0.39 is 0 Å². The SMILES string of the molecule is Cc1cccnc1-c1cccc(-c2ccn(CCN3C[C@H]4CC[C@H]3C4)n2)c1. The number of aryl methyl sites for hydroxylation is 1. The molecule has 1 saturated carbocycles. The van der Waals surface area contributed by atoms with Crippen LogP contribution in [0.4, 0.5) is 0 Å². The lowest BCUT2D eigenvalue weighted by Crippen LogP contribution is -2.34. The van der Waals surface area contributed by atoms with E-state index in [1.807, 2.05) is 12.3 Å². The quantitative estimate of drug-likeness (QED) is 0.678. The summed E-state index contributed by atoms with van der Waals surface area (Å²) in [5.74, 6) is 0.959. The average Bonchev–Trinajstić information content (AvgIpc) is 3.44. The fourth-order valence-electron chi connectivity index (χ4n) is 4.79. The van der Waals surface area contributed by atoms with Crippen molar-refractivity contribution in [2.24, 2.45) is 5.92 Å². The maximum absolute atomic E-state index is 4.83. The van der Waals surface area contributed by atoms with E-state index in [4.69, 9.17) is 5.10 Å². The van der Waals surface area contributed by atoms with Crippen molar-refractivity contribution >= 4 is 0 Å². The normalized spacial score (nSPS) is 21.8. The molecule has 1 aliphatic carbocycles. The van der Waals surface area contributed by atoms with Crippen LogP contribution in [0, 0.1) is 12.8 Å². The highest BCUT2D eigenvalue weighted by molar-refractivity contribution is 5.70. The van der Waals surface area contributed by atoms with Gasteiger partial charge in [0.25, 0.3) is 0 Å². The third-order valence-corrected chi connectivity index (χ3v) is 6.22. The molecule has 4 heteroatoms. The number of aromatic nitrogens is 3. The minimum Gasteiger partial charge on any atom is -0.298 e. The molecule has 3 heterocycles. The first-order chi connectivity index (χ1) is 13.3. The van der Waals surface area contributed by atoms with Crippen LogP contribution < -0.4 is 0 Å². The Balaban J connectivity index is 1.31. The number of nitrogens with zero attached hydrogens (tertiary/aromatic N) is 4. The Morgan fingerprint density at radius 2 is 1.96 bits per heavy atom. The van der Waals surface area contributed by atoms with E-state index in [0.29, 0.717) is 0 Å². The molecular weight excluding hydrogens is 332 g/mol. The maximum Gasteiger partial charge on any atom is 0.0923 e. The number of likely N-dealkylation sites (tertiary alicyclic amines) is 1. The summed E-state index contributed by atoms with van der Waals surface area (Å²) < 4.78 is 2.10. The fraction of sp³-hybridized carbons (Fsp3) is 0.391. The van der Waals surface area contributed by atoms with Crippen molar-refractivity contribution in [2.75, 3.05) is 13.1 Å². The van der Waals surface area contributed by atoms with E-state index >= 15 is 0 Å². The zero-order valence-corrected chi connectivity index (χ0v) is 15.9. The average molecular weight is 358 g/mol. The van der Waals surface area contributed by atoms with E-state index in [1.54, 1.807) is 0 Å². The van der Waals surface area contributed by atoms with Gasteiger partial charge in [-0.05, 0) is 55.9 Å². The van der Waals surface area contributed by atoms with Crippen LogP contribution in [0.1, 0.15) is 24.8 Å². The summed E-state index contributed by atoms with van der Waals surface area (Å²) >= 11 is 0. The molecule has 138 valence electrons. The van der Waals surface area contributed by atoms with Crippen molar-refractivity contribution < 1.29 is 0 Å². The molecule has 27 heavy (non-hydrogen) atoms. The standard InChI is InChI=1S/C23H26N4/c1-17-4-3-10-24-23(17)20-6-2-5-19(15-20)22-9-11-27(25-22)13-12-26-16-18-7-8-21(26)14-18/h2-6,9-11,15,18,21H,7-8,12-14,16H2,1H3/t18-,21-/m0/s1. The second kappa shape index (κ2) is 6.93. The van der Waals surface area contributed by atoms with Crippen LogP contribution >= 0.6 is 0 Å². The lowest BCUT2D eigenvalue weighted by molar-refractivity contribution is 0.203. The lowest BCUT2D eigenvalue weighted by atomic mass is 10.0. The molecule has 2 aliphatic rings. The maximum atomic E-state index is 4.83. The lowest BCUT2D eigenvalue weighted by Gasteiger charge is -2.26. The summed E-state index contributed by atoms with van der Waals surface area (Å²) in [6, 6.07) is 15.6. The van der Waals surface area contributed by atoms with Gasteiger partial charge in [-0.1, -0.05) is 24.3 Å². The molecule has 2 bridgehead atoms. The molecule has 0 N–H and O–H groups in total. The first kappa shape index (κ1) is 16.7. The molecule has 5 rings (SSSR count). The van der Waals surface area contributed by atoms with E-state index in [0.717, 1.165) is 47.6 Å². The molecule has 0 spiro atoms. The number of rotatable bonds is 5. The van der Waals surface area contributed by atoms with Crippen molar-refractivity contribution in [3.8, 4) is 22.5 Å². The zero-order valence-electron chi connectivity index (χ0n) is 15.9. The van der Waals surface area contributed by atoms with Crippen molar-refractivity contribution in [1.82, 2.24) is 19.7 Å². The Hall–Kier alpha value is -2.46. The molecular formula is C23H26N4. The predicted molar refractivity (Wildman–Crippen MR) is 108 cm³/mol. The smallest absolute Gasteiger partial charge is 0.0923 e. The number of fused-ring (bicyclic) bond motifs is 2. The molecule has 1 saturated heterocycles. The number of piperidine rings is 1. The van der Waals surface area contributed by atoms with Crippen LogP contribution in [-0.4, -0.2) is 38.8 Å². The van der Waals surface area contributed by atoms with Gasteiger partial charge in [0.1, 0.15) is 0 Å². The van der Waals surface area contributed by atoms with Gasteiger partial charge in [0, 0.05) is 42.7 Å². The molecule has 0 unspecified atom stereocenters. The van der Waals surface area contributed by atoms with Gasteiger partial charge in [0.2, 0.25) is 0 Å². The largest absolute Gasteiger partial charge is 0.298 e. The summed E-state index contributed by atoms with van der Waals surface area (Å²) in [5, 5.41) is 4.83. The molecule has 2 fully saturated rings. The van der Waals surface area contributed by atoms with Gasteiger partial charge in [-0.2, -0.15) is 5.10 Å². The van der Waals surface area contributed by atoms with E-state index in [-0.39, 0.29) is 0 Å². The Morgan fingerprint density at radius 1 is 1.04 bits per heavy atom. The first-order valence-electron chi connectivity index (χ1n) is 10.1. The van der Waals surface area contributed by atoms with Crippen LogP contribution in [0.25, 0.3) is 22.5 Å². The van der Waals surface area contributed by atoms with E-state index in [2.05, 4.69) is 64.1 Å². The number of hydrogen-bond acceptors (Lipinski definition) is 3. The number of hydrogen-bond donors (Lipinski definition) is 0. The number of pyridine rings is 1. The molecule has 0 radical (unpaired) electrons. The van der Waals surface area contributed by atoms with Gasteiger partial charge >= 0.3 is 0 Å². The fourth-order valence-corrected chi connectivity index (χ4v) is 4.79. The summed E-state index contributed by atoms with van der Waals surface area (Å²) in [4.78, 5) is 7.22. The van der Waals surface area contributed by atoms with E-state index in [9.17, 15) is 0 Å². The van der Waals surface area contributed by atoms with Crippen LogP contribution in [0.15, 0.2) is 54.9 Å². The van der Waals surface area contributed by atoms with Crippen molar-refractivity contribution in [3.05, 3.63) is 60.4 Å². The van der Waals surface area contributed by atoms with Gasteiger partial charge in [0.05, 0.1) is 17.9 Å². The van der Waals surface area contributed by atoms with Crippen LogP contribution in [-0.2, 0) is 6.54 Å². The van der Waals surface area contributed by atoms with Crippen LogP contribution in [0.3, 0.4) is 0 Å². The molecule has 1 aliphatic heterocycles. The van der Waals surface area contributed by atoms with Crippen LogP contribution in [0.5, 0.6) is 0 Å². The summed E-state index contributed by atoms with van der Waals surface area (Å²) in [7, 11) is 0. The van der Waals surface area contributed by atoms with E-state index in [1.165, 1.54) is 31.4 Å². The highest BCUT2D eigenvalue weighted by Crippen LogP contribution is 2.37. The molecule has 4 nitrogen and oxygen atoms in total. The molecule has 3 aromatic rings. The predicted octanol–water partition coefficient (Wildman–Crippen LogP) is 4.40. The minimum atomic E-state index is 0.836. The second-order valence-corrected chi connectivity index (χ2v) is 8.04. The third-order valence-electron chi connectivity index (χ3n) is 6.22. The molecule has 2 atom stereocenters. The Morgan fingerprint density at radius 3 is 2.78 bits per heavy atom. The van der Waals surface area contributed by atoms with Crippen molar-refractivity contribution in [3.63, 3.8) is 0 Å². The van der Waals surface area contributed by atoms with Gasteiger partial charge in [-0.3, -0.25) is 14.6 Å². The summed E-state index contributed by atoms with van der Waals surface area (Å²) in [5.41, 5.74) is 5.57. The summed E-state index contributed by atoms with van der Waals surface area (Å²) in [6.45, 7) is 5.50. The Kier molecular flexibility index (Phi) is 4.29. The summed E-state index contributed by atoms with van der Waals surface area (Å²) in [6.07, 6.45) is 8.23. The Labute approximate surface area is 160 Å². The minimum absolute atomic E-state index is 0.836. The van der Waals surface area contributed by atoms with Gasteiger partial charge in [0.15, 0.2) is 0 Å². The van der Waals surface area contributed by atoms with Gasteiger partial charge in [-0.25, -0.2) is 0 Å². The highest BCUT2D eigenvalue weighted by atomic mass is 15.3. The second-order valence-electron chi connectivity index (χ2n) is 8.04. The zero-order chi connectivity index (χ0) is 18.2. The van der Waals surface area contributed by atoms with Crippen LogP contribution in [0.2, 0.25) is 0 Å². The van der Waals surface area contributed by atoms with Gasteiger partial charge < -0.3 is 0 Å². The first-order valence-corrected chi connectivity index (χ1v) is 10.1. The van der Waals surface area contributed by atoms with Crippen molar-refractivity contribution in [1.29, 1.82) is 0 Å². The molecule has 1 aromatic carbocycles. The van der Waals surface area contributed by atoms with Crippen molar-refractivity contribution in [2.45, 2.75) is 38.8 Å². The molecule has 2 aromatic heterocycles. The number of benzene rings is 1.